The monoisotopic (exact) mass is 262 g/mol. The van der Waals surface area contributed by atoms with E-state index < -0.39 is 0 Å². The lowest BCUT2D eigenvalue weighted by atomic mass is 10.1. The van der Waals surface area contributed by atoms with Gasteiger partial charge >= 0.3 is 0 Å². The van der Waals surface area contributed by atoms with Crippen LogP contribution in [0.25, 0.3) is 0 Å². The van der Waals surface area contributed by atoms with Gasteiger partial charge in [0.05, 0.1) is 0 Å². The third kappa shape index (κ3) is 3.47. The smallest absolute Gasteiger partial charge is 0.263 e. The molecule has 0 aliphatic carbocycles. The highest BCUT2D eigenvalue weighted by Crippen LogP contribution is 2.19. The van der Waals surface area contributed by atoms with Gasteiger partial charge in [-0.1, -0.05) is 12.1 Å². The molecule has 0 bridgehead atoms. The summed E-state index contributed by atoms with van der Waals surface area (Å²) in [4.78, 5) is 13.5. The van der Waals surface area contributed by atoms with Gasteiger partial charge in [0.1, 0.15) is 5.75 Å². The number of ether oxygens (including phenoxy) is 1. The summed E-state index contributed by atoms with van der Waals surface area (Å²) in [5.74, 6) is 0.849. The molecule has 1 heterocycles. The fourth-order valence-corrected chi connectivity index (χ4v) is 2.22. The summed E-state index contributed by atoms with van der Waals surface area (Å²) in [5.41, 5.74) is 1.27. The largest absolute Gasteiger partial charge is 0.481 e. The summed E-state index contributed by atoms with van der Waals surface area (Å²) in [6.07, 6.45) is 1.45. The van der Waals surface area contributed by atoms with Gasteiger partial charge in [-0.15, -0.1) is 0 Å². The van der Waals surface area contributed by atoms with Gasteiger partial charge in [-0.05, 0) is 38.1 Å². The minimum atomic E-state index is -0.313. The molecule has 4 heteroatoms. The first-order chi connectivity index (χ1) is 9.10. The first-order valence-electron chi connectivity index (χ1n) is 6.78. The normalized spacial score (nSPS) is 20.7. The summed E-state index contributed by atoms with van der Waals surface area (Å²) in [5, 5.41) is 3.22. The fraction of sp³-hybridized carbons (Fsp3) is 0.533. The van der Waals surface area contributed by atoms with Gasteiger partial charge in [0.2, 0.25) is 0 Å². The van der Waals surface area contributed by atoms with E-state index >= 15 is 0 Å². The second-order valence-corrected chi connectivity index (χ2v) is 5.19. The van der Waals surface area contributed by atoms with Crippen LogP contribution < -0.4 is 10.1 Å². The van der Waals surface area contributed by atoms with Gasteiger partial charge in [-0.3, -0.25) is 4.79 Å². The maximum atomic E-state index is 11.8. The summed E-state index contributed by atoms with van der Waals surface area (Å²) >= 11 is 0. The molecule has 4 nitrogen and oxygen atoms in total. The first-order valence-corrected chi connectivity index (χ1v) is 6.78. The van der Waals surface area contributed by atoms with Crippen molar-refractivity contribution in [2.75, 3.05) is 20.6 Å². The molecule has 0 aromatic heterocycles. The molecule has 2 rings (SSSR count). The Kier molecular flexibility index (Phi) is 4.43. The molecule has 1 aliphatic heterocycles. The van der Waals surface area contributed by atoms with Crippen LogP contribution in [0.5, 0.6) is 5.75 Å². The van der Waals surface area contributed by atoms with E-state index in [-0.39, 0.29) is 12.0 Å². The van der Waals surface area contributed by atoms with E-state index in [1.165, 1.54) is 5.56 Å². The van der Waals surface area contributed by atoms with Crippen LogP contribution in [-0.4, -0.2) is 43.6 Å². The topological polar surface area (TPSA) is 41.6 Å². The van der Waals surface area contributed by atoms with Gasteiger partial charge in [0.15, 0.2) is 6.10 Å². The standard InChI is InChI=1S/C15H22N2O2/c1-11(16-2)10-12-4-6-13(7-5-12)19-14-8-9-17(3)15(14)18/h4-7,11,14,16H,8-10H2,1-3H3. The van der Waals surface area contributed by atoms with E-state index in [1.807, 2.05) is 26.2 Å². The highest BCUT2D eigenvalue weighted by atomic mass is 16.5. The van der Waals surface area contributed by atoms with Crippen molar-refractivity contribution in [2.45, 2.75) is 31.9 Å². The van der Waals surface area contributed by atoms with Crippen LogP contribution in [0.2, 0.25) is 0 Å². The number of hydrogen-bond acceptors (Lipinski definition) is 3. The summed E-state index contributed by atoms with van der Waals surface area (Å²) in [6.45, 7) is 2.93. The number of nitrogens with one attached hydrogen (secondary N) is 1. The minimum absolute atomic E-state index is 0.0767. The third-order valence-corrected chi connectivity index (χ3v) is 3.61. The summed E-state index contributed by atoms with van der Waals surface area (Å²) in [7, 11) is 3.78. The minimum Gasteiger partial charge on any atom is -0.481 e. The summed E-state index contributed by atoms with van der Waals surface area (Å²) in [6, 6.07) is 8.47. The molecule has 0 saturated carbocycles. The lowest BCUT2D eigenvalue weighted by Gasteiger charge is -2.14. The molecular weight excluding hydrogens is 240 g/mol. The number of hydrogen-bond donors (Lipinski definition) is 1. The molecule has 2 atom stereocenters. The number of rotatable bonds is 5. The molecule has 1 saturated heterocycles. The number of carbonyl (C=O) groups is 1. The van der Waals surface area contributed by atoms with Crippen molar-refractivity contribution in [3.63, 3.8) is 0 Å². The Labute approximate surface area is 114 Å². The highest BCUT2D eigenvalue weighted by Gasteiger charge is 2.30. The Hall–Kier alpha value is -1.55. The maximum absolute atomic E-state index is 11.8. The lowest BCUT2D eigenvalue weighted by molar-refractivity contribution is -0.132. The molecule has 0 spiro atoms. The number of likely N-dealkylation sites (tertiary alicyclic amines) is 1. The van der Waals surface area contributed by atoms with Crippen molar-refractivity contribution in [3.05, 3.63) is 29.8 Å². The predicted octanol–water partition coefficient (Wildman–Crippen LogP) is 1.45. The number of carbonyl (C=O) groups excluding carboxylic acids is 1. The Morgan fingerprint density at radius 2 is 2.11 bits per heavy atom. The van der Waals surface area contributed by atoms with Crippen LogP contribution in [0.15, 0.2) is 24.3 Å². The molecule has 1 aromatic rings. The fourth-order valence-electron chi connectivity index (χ4n) is 2.22. The van der Waals surface area contributed by atoms with Gasteiger partial charge < -0.3 is 15.0 Å². The molecule has 1 aliphatic rings. The van der Waals surface area contributed by atoms with Crippen molar-refractivity contribution >= 4 is 5.91 Å². The highest BCUT2D eigenvalue weighted by molar-refractivity contribution is 5.83. The van der Waals surface area contributed by atoms with Gasteiger partial charge in [-0.2, -0.15) is 0 Å². The number of amides is 1. The molecule has 0 radical (unpaired) electrons. The van der Waals surface area contributed by atoms with Crippen LogP contribution in [0.4, 0.5) is 0 Å². The predicted molar refractivity (Wildman–Crippen MR) is 75.3 cm³/mol. The molecule has 19 heavy (non-hydrogen) atoms. The first kappa shape index (κ1) is 13.9. The van der Waals surface area contributed by atoms with Crippen molar-refractivity contribution < 1.29 is 9.53 Å². The van der Waals surface area contributed by atoms with E-state index in [9.17, 15) is 4.79 Å². The SMILES string of the molecule is CNC(C)Cc1ccc(OC2CCN(C)C2=O)cc1. The van der Waals surface area contributed by atoms with E-state index in [0.29, 0.717) is 6.04 Å². The van der Waals surface area contributed by atoms with Crippen LogP contribution in [0.3, 0.4) is 0 Å². The average molecular weight is 262 g/mol. The number of nitrogens with zero attached hydrogens (tertiary/aromatic N) is 1. The van der Waals surface area contributed by atoms with Crippen LogP contribution in [0.1, 0.15) is 18.9 Å². The molecule has 2 unspecified atom stereocenters. The second-order valence-electron chi connectivity index (χ2n) is 5.19. The molecule has 1 fully saturated rings. The Bertz CT molecular complexity index is 430. The van der Waals surface area contributed by atoms with Crippen LogP contribution in [0, 0.1) is 0 Å². The van der Waals surface area contributed by atoms with E-state index in [1.54, 1.807) is 4.90 Å². The van der Waals surface area contributed by atoms with Gasteiger partial charge in [0.25, 0.3) is 5.91 Å². The quantitative estimate of drug-likeness (QED) is 0.873. The number of likely N-dealkylation sites (N-methyl/N-ethyl adjacent to an activating group) is 2. The van der Waals surface area contributed by atoms with E-state index in [2.05, 4.69) is 24.4 Å². The number of benzene rings is 1. The Balaban J connectivity index is 1.93. The molecule has 1 amide bonds. The Morgan fingerprint density at radius 3 is 2.63 bits per heavy atom. The zero-order valence-electron chi connectivity index (χ0n) is 11.8. The zero-order valence-corrected chi connectivity index (χ0v) is 11.8. The molecular formula is C15H22N2O2. The van der Waals surface area contributed by atoms with Crippen LogP contribution >= 0.6 is 0 Å². The zero-order chi connectivity index (χ0) is 13.8. The van der Waals surface area contributed by atoms with E-state index in [0.717, 1.165) is 25.1 Å². The van der Waals surface area contributed by atoms with Crippen molar-refractivity contribution in [1.82, 2.24) is 10.2 Å². The van der Waals surface area contributed by atoms with Crippen molar-refractivity contribution in [1.29, 1.82) is 0 Å². The molecule has 1 aromatic carbocycles. The second kappa shape index (κ2) is 6.06. The molecule has 104 valence electrons. The Morgan fingerprint density at radius 1 is 1.42 bits per heavy atom. The van der Waals surface area contributed by atoms with Crippen molar-refractivity contribution in [3.8, 4) is 5.75 Å². The van der Waals surface area contributed by atoms with Gasteiger partial charge in [0, 0.05) is 26.1 Å². The van der Waals surface area contributed by atoms with Crippen molar-refractivity contribution in [2.24, 2.45) is 0 Å². The average Bonchev–Trinajstić information content (AvgIpc) is 2.73. The summed E-state index contributed by atoms with van der Waals surface area (Å²) < 4.78 is 5.74. The maximum Gasteiger partial charge on any atom is 0.263 e. The third-order valence-electron chi connectivity index (χ3n) is 3.61. The molecule has 1 N–H and O–H groups in total. The van der Waals surface area contributed by atoms with Crippen LogP contribution in [-0.2, 0) is 11.2 Å². The van der Waals surface area contributed by atoms with E-state index in [4.69, 9.17) is 4.74 Å². The van der Waals surface area contributed by atoms with Gasteiger partial charge in [-0.25, -0.2) is 0 Å². The lowest BCUT2D eigenvalue weighted by Crippen LogP contribution is -2.29.